The van der Waals surface area contributed by atoms with Crippen molar-refractivity contribution in [1.29, 1.82) is 0 Å². The predicted octanol–water partition coefficient (Wildman–Crippen LogP) is -1.35. The molecule has 0 atom stereocenters. The van der Waals surface area contributed by atoms with E-state index < -0.39 is 13.6 Å². The van der Waals surface area contributed by atoms with Crippen LogP contribution in [0.15, 0.2) is 0 Å². The monoisotopic (exact) mass is 549 g/mol. The molecule has 2 N–H and O–H groups in total. The van der Waals surface area contributed by atoms with Crippen LogP contribution in [0.25, 0.3) is 0 Å². The van der Waals surface area contributed by atoms with Crippen molar-refractivity contribution < 1.29 is 67.7 Å². The maximum absolute atomic E-state index is 8.82. The largest absolute Gasteiger partial charge is 0 e. The van der Waals surface area contributed by atoms with E-state index in [0.29, 0.717) is 0 Å². The molecule has 0 heterocycles. The molecule has 0 aliphatic heterocycles. The summed E-state index contributed by atoms with van der Waals surface area (Å²) in [5, 5.41) is 0. The van der Waals surface area contributed by atoms with Gasteiger partial charge in [-0.1, -0.05) is 0 Å². The zero-order valence-corrected chi connectivity index (χ0v) is 12.8. The van der Waals surface area contributed by atoms with Gasteiger partial charge in [-0.15, -0.1) is 0 Å². The SMILES string of the molecule is [Dy].[O]=[Cr](=[O])([OH])[OH].[Rf]. The van der Waals surface area contributed by atoms with Gasteiger partial charge in [0.15, 0.2) is 0 Å². The molecule has 0 aliphatic carbocycles. The molecule has 0 saturated carbocycles. The molecule has 0 unspecified atom stereocenters. The van der Waals surface area contributed by atoms with Gasteiger partial charge in [-0.2, -0.15) is 0 Å². The molecule has 0 spiro atoms. The van der Waals surface area contributed by atoms with Crippen LogP contribution >= 0.6 is 0 Å². The summed E-state index contributed by atoms with van der Waals surface area (Å²) in [6, 6.07) is 0. The van der Waals surface area contributed by atoms with Crippen molar-refractivity contribution in [2.45, 2.75) is 0 Å². The van der Waals surface area contributed by atoms with Crippen molar-refractivity contribution in [2.75, 3.05) is 0 Å². The molecular weight excluding hydrogens is 545 g/mol. The van der Waals surface area contributed by atoms with Gasteiger partial charge < -0.3 is 0 Å². The Hall–Kier alpha value is 0.325. The van der Waals surface area contributed by atoms with E-state index in [0.717, 1.165) is 0 Å². The second-order valence-electron chi connectivity index (χ2n) is 0.448. The van der Waals surface area contributed by atoms with E-state index in [-0.39, 0.29) is 38.2 Å². The zero-order chi connectivity index (χ0) is 4.50. The summed E-state index contributed by atoms with van der Waals surface area (Å²) in [6.45, 7) is 0. The molecule has 0 rings (SSSR count). The second-order valence-corrected chi connectivity index (χ2v) is 1.85. The first-order chi connectivity index (χ1) is 2.00. The minimum Gasteiger partial charge on any atom is 0 e. The van der Waals surface area contributed by atoms with E-state index in [4.69, 9.17) is 15.9 Å². The van der Waals surface area contributed by atoms with Gasteiger partial charge in [0.1, 0.15) is 0 Å². The molecule has 0 radical (unpaired) electrons. The number of hydrogen-bond acceptors (Lipinski definition) is 2. The molecular formula is H2CrDyO4Rf. The molecule has 0 saturated heterocycles. The average Bonchev–Trinajstić information content (AvgIpc) is 0.722. The maximum atomic E-state index is 8.82. The Kier molecular flexibility index (Phi) is 10.0. The fourth-order valence-electron chi connectivity index (χ4n) is 0. The fraction of sp³-hybridized carbons (Fsp3) is 0. The van der Waals surface area contributed by atoms with Crippen LogP contribution in [0.4, 0.5) is 0 Å². The number of rotatable bonds is 0. The molecule has 0 aromatic rings. The summed E-state index contributed by atoms with van der Waals surface area (Å²) >= 11 is -5.25. The molecule has 0 aliphatic rings. The van der Waals surface area contributed by atoms with E-state index in [1.807, 2.05) is 0 Å². The number of hydrogen-bond donors (Lipinski definition) is 2. The van der Waals surface area contributed by atoms with E-state index in [2.05, 4.69) is 0 Å². The summed E-state index contributed by atoms with van der Waals surface area (Å²) in [5.41, 5.74) is 0. The normalized spacial score (nSPS) is 8.29. The third kappa shape index (κ3) is 1120. The van der Waals surface area contributed by atoms with E-state index in [9.17, 15) is 0 Å². The first-order valence-corrected chi connectivity index (χ1v) is 2.88. The summed E-state index contributed by atoms with van der Waals surface area (Å²) in [5.74, 6) is 0. The molecule has 0 fully saturated rings. The molecule has 7 heteroatoms. The zero-order valence-electron chi connectivity index (χ0n) is 3.14. The van der Waals surface area contributed by atoms with Crippen molar-refractivity contribution >= 4 is 0 Å². The van der Waals surface area contributed by atoms with Gasteiger partial charge in [-0.05, 0) is 0 Å². The maximum Gasteiger partial charge on any atom is 0 e. The topological polar surface area (TPSA) is 74.6 Å². The standard InChI is InChI=1S/Cr.Dy.2H2O.2O.Rf/h;;2*1H2;;;/q+2;;;;;;/p-2. The van der Waals surface area contributed by atoms with Crippen molar-refractivity contribution in [1.82, 2.24) is 0 Å². The fourth-order valence-corrected chi connectivity index (χ4v) is 0. The minimum absolute atomic E-state index is 0. The van der Waals surface area contributed by atoms with Crippen LogP contribution in [0.3, 0.4) is 0 Å². The third-order valence-electron chi connectivity index (χ3n) is 0. The van der Waals surface area contributed by atoms with Gasteiger partial charge in [0.05, 0.1) is 0 Å². The Balaban J connectivity index is -0.0000000800. The minimum atomic E-state index is -5.25. The van der Waals surface area contributed by atoms with Crippen LogP contribution in [0.2, 0.25) is 0 Å². The molecule has 0 aromatic heterocycles. The summed E-state index contributed by atoms with van der Waals surface area (Å²) in [6.07, 6.45) is 0. The molecule has 4 nitrogen and oxygen atoms in total. The van der Waals surface area contributed by atoms with Crippen molar-refractivity contribution in [3.05, 3.63) is 0 Å². The Labute approximate surface area is 67.0 Å². The molecule has 7 heavy (non-hydrogen) atoms. The second kappa shape index (κ2) is 4.48. The van der Waals surface area contributed by atoms with Crippen LogP contribution < -0.4 is 0 Å². The molecule has 0 amide bonds. The van der Waals surface area contributed by atoms with Crippen molar-refractivity contribution in [3.8, 4) is 0 Å². The van der Waals surface area contributed by atoms with Crippen LogP contribution in [0.1, 0.15) is 0 Å². The van der Waals surface area contributed by atoms with Crippen molar-refractivity contribution in [2.24, 2.45) is 0 Å². The third-order valence-corrected chi connectivity index (χ3v) is 0. The Morgan fingerprint density at radius 2 is 1.14 bits per heavy atom. The average molecular weight is 548 g/mol. The summed E-state index contributed by atoms with van der Waals surface area (Å²) in [7, 11) is 0. The van der Waals surface area contributed by atoms with Gasteiger partial charge in [-0.25, -0.2) is 0 Å². The summed E-state index contributed by atoms with van der Waals surface area (Å²) < 4.78 is 31.9. The van der Waals surface area contributed by atoms with Crippen LogP contribution in [-0.2, 0) is 21.2 Å². The van der Waals surface area contributed by atoms with Gasteiger partial charge in [0, 0.05) is 38.2 Å². The predicted molar refractivity (Wildman–Crippen MR) is 5.81 cm³/mol. The Bertz CT molecular complexity index is 94.9. The quantitative estimate of drug-likeness (QED) is 0.394. The summed E-state index contributed by atoms with van der Waals surface area (Å²) in [4.78, 5) is 0. The van der Waals surface area contributed by atoms with Gasteiger partial charge >= 0.3 is 29.5 Å². The first kappa shape index (κ1) is 15.7. The van der Waals surface area contributed by atoms with Gasteiger partial charge in [0.25, 0.3) is 0 Å². The Morgan fingerprint density at radius 1 is 1.14 bits per heavy atom. The van der Waals surface area contributed by atoms with Crippen molar-refractivity contribution in [3.63, 3.8) is 0 Å². The van der Waals surface area contributed by atoms with E-state index >= 15 is 0 Å². The molecule has 44 valence electrons. The van der Waals surface area contributed by atoms with Crippen LogP contribution in [0, 0.1) is 38.2 Å². The van der Waals surface area contributed by atoms with E-state index in [1.165, 1.54) is 0 Å². The first-order valence-electron chi connectivity index (χ1n) is 0.698. The van der Waals surface area contributed by atoms with Crippen LogP contribution in [0.5, 0.6) is 0 Å². The van der Waals surface area contributed by atoms with E-state index in [1.54, 1.807) is 0 Å². The Morgan fingerprint density at radius 3 is 1.14 bits per heavy atom. The molecule has 0 bridgehead atoms. The molecule has 0 aromatic carbocycles. The van der Waals surface area contributed by atoms with Crippen LogP contribution in [-0.4, -0.2) is 8.32 Å². The van der Waals surface area contributed by atoms with Gasteiger partial charge in [0.2, 0.25) is 0 Å². The van der Waals surface area contributed by atoms with Gasteiger partial charge in [-0.3, -0.25) is 0 Å². The smallest absolute Gasteiger partial charge is 0 e.